The molecule has 0 saturated heterocycles. The molecule has 20 heavy (non-hydrogen) atoms. The zero-order valence-corrected chi connectivity index (χ0v) is 11.1. The van der Waals surface area contributed by atoms with Crippen molar-refractivity contribution in [3.05, 3.63) is 64.8 Å². The molecule has 98 valence electrons. The average Bonchev–Trinajstić information content (AvgIpc) is 2.86. The Kier molecular flexibility index (Phi) is 3.13. The Morgan fingerprint density at radius 2 is 2.20 bits per heavy atom. The first kappa shape index (κ1) is 12.6. The minimum atomic E-state index is -0.472. The quantitative estimate of drug-likeness (QED) is 0.719. The number of benzene rings is 1. The third-order valence-electron chi connectivity index (χ3n) is 3.17. The van der Waals surface area contributed by atoms with Gasteiger partial charge in [0, 0.05) is 28.4 Å². The molecule has 0 N–H and O–H groups in total. The molecule has 0 amide bonds. The predicted octanol–water partition coefficient (Wildman–Crippen LogP) is 3.75. The van der Waals surface area contributed by atoms with Crippen LogP contribution in [0.5, 0.6) is 0 Å². The second kappa shape index (κ2) is 4.95. The number of rotatable bonds is 2. The number of nitrogens with zero attached hydrogens (tertiary/aromatic N) is 3. The second-order valence-corrected chi connectivity index (χ2v) is 4.82. The largest absolute Gasteiger partial charge is 0.342 e. The van der Waals surface area contributed by atoms with Crippen LogP contribution in [0.15, 0.2) is 42.9 Å². The highest BCUT2D eigenvalue weighted by molar-refractivity contribution is 6.31. The van der Waals surface area contributed by atoms with E-state index in [1.54, 1.807) is 12.4 Å². The van der Waals surface area contributed by atoms with Crippen LogP contribution in [-0.4, -0.2) is 9.55 Å². The van der Waals surface area contributed by atoms with Crippen LogP contribution >= 0.6 is 11.6 Å². The van der Waals surface area contributed by atoms with Gasteiger partial charge in [-0.3, -0.25) is 4.98 Å². The van der Waals surface area contributed by atoms with Crippen molar-refractivity contribution in [2.75, 3.05) is 0 Å². The van der Waals surface area contributed by atoms with Crippen molar-refractivity contribution < 1.29 is 4.39 Å². The van der Waals surface area contributed by atoms with Crippen LogP contribution in [0.1, 0.15) is 11.1 Å². The summed E-state index contributed by atoms with van der Waals surface area (Å²) in [7, 11) is 0. The summed E-state index contributed by atoms with van der Waals surface area (Å²) in [6, 6.07) is 8.39. The van der Waals surface area contributed by atoms with Crippen molar-refractivity contribution >= 4 is 22.5 Å². The summed E-state index contributed by atoms with van der Waals surface area (Å²) in [4.78, 5) is 4.07. The Morgan fingerprint density at radius 1 is 1.35 bits per heavy atom. The summed E-state index contributed by atoms with van der Waals surface area (Å²) < 4.78 is 15.9. The Bertz CT molecular complexity index is 809. The lowest BCUT2D eigenvalue weighted by Crippen LogP contribution is -2.02. The van der Waals surface area contributed by atoms with Gasteiger partial charge < -0.3 is 4.57 Å². The van der Waals surface area contributed by atoms with E-state index in [0.29, 0.717) is 12.1 Å². The fourth-order valence-electron chi connectivity index (χ4n) is 2.16. The van der Waals surface area contributed by atoms with Crippen molar-refractivity contribution in [2.45, 2.75) is 6.54 Å². The van der Waals surface area contributed by atoms with Crippen molar-refractivity contribution in [1.82, 2.24) is 9.55 Å². The topological polar surface area (TPSA) is 41.6 Å². The third kappa shape index (κ3) is 2.13. The standard InChI is InChI=1S/C15H9ClFN3/c16-13-5-10(7-18)6-14(17)12(13)9-20-4-2-11-1-3-19-8-15(11)20/h1-6,8H,9H2. The van der Waals surface area contributed by atoms with Crippen molar-refractivity contribution in [3.8, 4) is 6.07 Å². The molecule has 1 aromatic carbocycles. The maximum Gasteiger partial charge on any atom is 0.131 e. The lowest BCUT2D eigenvalue weighted by molar-refractivity contribution is 0.601. The number of pyridine rings is 1. The number of halogens is 2. The van der Waals surface area contributed by atoms with E-state index in [2.05, 4.69) is 4.98 Å². The summed E-state index contributed by atoms with van der Waals surface area (Å²) in [6.07, 6.45) is 5.30. The minimum absolute atomic E-state index is 0.218. The molecule has 0 radical (unpaired) electrons. The Hall–Kier alpha value is -2.38. The van der Waals surface area contributed by atoms with E-state index in [1.165, 1.54) is 12.1 Å². The molecule has 0 atom stereocenters. The molecule has 0 aliphatic rings. The monoisotopic (exact) mass is 285 g/mol. The first-order valence-electron chi connectivity index (χ1n) is 5.96. The molecule has 0 fully saturated rings. The molecule has 3 rings (SSSR count). The molecule has 3 aromatic rings. The van der Waals surface area contributed by atoms with Crippen LogP contribution < -0.4 is 0 Å². The zero-order chi connectivity index (χ0) is 14.1. The molecule has 2 aromatic heterocycles. The van der Waals surface area contributed by atoms with E-state index in [0.717, 1.165) is 10.9 Å². The van der Waals surface area contributed by atoms with E-state index in [4.69, 9.17) is 16.9 Å². The molecule has 0 unspecified atom stereocenters. The van der Waals surface area contributed by atoms with Crippen LogP contribution in [0, 0.1) is 17.1 Å². The number of nitriles is 1. The summed E-state index contributed by atoms with van der Waals surface area (Å²) >= 11 is 6.06. The molecule has 2 heterocycles. The average molecular weight is 286 g/mol. The van der Waals surface area contributed by atoms with Gasteiger partial charge in [-0.15, -0.1) is 0 Å². The summed E-state index contributed by atoms with van der Waals surface area (Å²) in [5.74, 6) is -0.472. The van der Waals surface area contributed by atoms with Crippen LogP contribution in [-0.2, 0) is 6.54 Å². The van der Waals surface area contributed by atoms with Gasteiger partial charge in [0.05, 0.1) is 29.9 Å². The van der Waals surface area contributed by atoms with Crippen LogP contribution in [0.2, 0.25) is 5.02 Å². The van der Waals surface area contributed by atoms with Gasteiger partial charge in [0.2, 0.25) is 0 Å². The van der Waals surface area contributed by atoms with Gasteiger partial charge >= 0.3 is 0 Å². The van der Waals surface area contributed by atoms with E-state index >= 15 is 0 Å². The predicted molar refractivity (Wildman–Crippen MR) is 75.0 cm³/mol. The second-order valence-electron chi connectivity index (χ2n) is 4.41. The molecule has 0 spiro atoms. The Labute approximate surface area is 119 Å². The summed E-state index contributed by atoms with van der Waals surface area (Å²) in [5.41, 5.74) is 1.50. The van der Waals surface area contributed by atoms with Gasteiger partial charge in [0.15, 0.2) is 0 Å². The van der Waals surface area contributed by atoms with Crippen LogP contribution in [0.25, 0.3) is 10.9 Å². The third-order valence-corrected chi connectivity index (χ3v) is 3.51. The fourth-order valence-corrected chi connectivity index (χ4v) is 2.42. The molecule has 0 bridgehead atoms. The van der Waals surface area contributed by atoms with E-state index < -0.39 is 5.82 Å². The van der Waals surface area contributed by atoms with Gasteiger partial charge in [-0.1, -0.05) is 11.6 Å². The smallest absolute Gasteiger partial charge is 0.131 e. The molecular formula is C15H9ClFN3. The fraction of sp³-hybridized carbons (Fsp3) is 0.0667. The number of fused-ring (bicyclic) bond motifs is 1. The highest BCUT2D eigenvalue weighted by atomic mass is 35.5. The van der Waals surface area contributed by atoms with Crippen molar-refractivity contribution in [3.63, 3.8) is 0 Å². The van der Waals surface area contributed by atoms with Gasteiger partial charge in [0.1, 0.15) is 5.82 Å². The van der Waals surface area contributed by atoms with Gasteiger partial charge in [0.25, 0.3) is 0 Å². The first-order chi connectivity index (χ1) is 9.69. The van der Waals surface area contributed by atoms with Gasteiger partial charge in [-0.05, 0) is 24.3 Å². The maximum atomic E-state index is 14.0. The Morgan fingerprint density at radius 3 is 2.95 bits per heavy atom. The van der Waals surface area contributed by atoms with Crippen molar-refractivity contribution in [1.29, 1.82) is 5.26 Å². The molecular weight excluding hydrogens is 277 g/mol. The van der Waals surface area contributed by atoms with E-state index in [9.17, 15) is 4.39 Å². The van der Waals surface area contributed by atoms with Crippen LogP contribution in [0.4, 0.5) is 4.39 Å². The minimum Gasteiger partial charge on any atom is -0.342 e. The zero-order valence-electron chi connectivity index (χ0n) is 10.3. The number of hydrogen-bond donors (Lipinski definition) is 0. The molecule has 3 nitrogen and oxygen atoms in total. The highest BCUT2D eigenvalue weighted by Gasteiger charge is 2.11. The SMILES string of the molecule is N#Cc1cc(F)c(Cn2ccc3ccncc32)c(Cl)c1. The normalized spacial score (nSPS) is 10.7. The van der Waals surface area contributed by atoms with Crippen LogP contribution in [0.3, 0.4) is 0 Å². The summed E-state index contributed by atoms with van der Waals surface area (Å²) in [5, 5.41) is 10.1. The maximum absolute atomic E-state index is 14.0. The number of aromatic nitrogens is 2. The number of hydrogen-bond acceptors (Lipinski definition) is 2. The highest BCUT2D eigenvalue weighted by Crippen LogP contribution is 2.24. The first-order valence-corrected chi connectivity index (χ1v) is 6.33. The molecule has 0 aliphatic carbocycles. The molecule has 0 aliphatic heterocycles. The molecule has 0 saturated carbocycles. The summed E-state index contributed by atoms with van der Waals surface area (Å²) in [6.45, 7) is 0.297. The van der Waals surface area contributed by atoms with Gasteiger partial charge in [-0.2, -0.15) is 5.26 Å². The Balaban J connectivity index is 2.06. The lowest BCUT2D eigenvalue weighted by atomic mass is 10.1. The molecule has 5 heteroatoms. The van der Waals surface area contributed by atoms with E-state index in [-0.39, 0.29) is 10.6 Å². The van der Waals surface area contributed by atoms with Crippen molar-refractivity contribution in [2.24, 2.45) is 0 Å². The van der Waals surface area contributed by atoms with Gasteiger partial charge in [-0.25, -0.2) is 4.39 Å². The lowest BCUT2D eigenvalue weighted by Gasteiger charge is -2.09. The van der Waals surface area contributed by atoms with E-state index in [1.807, 2.05) is 29.0 Å².